The van der Waals surface area contributed by atoms with Crippen LogP contribution in [-0.4, -0.2) is 27.9 Å². The fraction of sp³-hybridized carbons (Fsp3) is 0. The third kappa shape index (κ3) is 1.49. The van der Waals surface area contributed by atoms with Gasteiger partial charge in [-0.1, -0.05) is 0 Å². The Balaban J connectivity index is 2.84. The van der Waals surface area contributed by atoms with Gasteiger partial charge in [-0.25, -0.2) is 21.6 Å². The van der Waals surface area contributed by atoms with Crippen molar-refractivity contribution < 1.29 is 26.7 Å². The van der Waals surface area contributed by atoms with Crippen molar-refractivity contribution in [3.8, 4) is 0 Å². The first-order valence-electron chi connectivity index (χ1n) is 3.90. The van der Waals surface area contributed by atoms with Crippen molar-refractivity contribution in [1.29, 1.82) is 0 Å². The van der Waals surface area contributed by atoms with E-state index in [2.05, 4.69) is 0 Å². The van der Waals surface area contributed by atoms with Crippen LogP contribution in [-0.2, 0) is 20.0 Å². The third-order valence-corrected chi connectivity index (χ3v) is 5.73. The van der Waals surface area contributed by atoms with Gasteiger partial charge in [0.2, 0.25) is 0 Å². The molecule has 16 heavy (non-hydrogen) atoms. The summed E-state index contributed by atoms with van der Waals surface area (Å²) in [5.74, 6) is -1.33. The van der Waals surface area contributed by atoms with E-state index in [0.717, 1.165) is 18.2 Å². The summed E-state index contributed by atoms with van der Waals surface area (Å²) in [6.07, 6.45) is 0. The lowest BCUT2D eigenvalue weighted by molar-refractivity contribution is 0.0696. The highest BCUT2D eigenvalue weighted by molar-refractivity contribution is 8.07. The van der Waals surface area contributed by atoms with Crippen molar-refractivity contribution in [3.63, 3.8) is 0 Å². The van der Waals surface area contributed by atoms with Crippen LogP contribution >= 0.6 is 0 Å². The number of carboxylic acid groups (broad SMARTS) is 1. The molecule has 86 valence electrons. The number of fused-ring (bicyclic) bond motifs is 1. The first-order chi connectivity index (χ1) is 7.24. The molecule has 0 saturated heterocycles. The minimum atomic E-state index is -4.17. The van der Waals surface area contributed by atoms with Crippen LogP contribution in [0.1, 0.15) is 10.4 Å². The van der Waals surface area contributed by atoms with E-state index in [1.807, 2.05) is 0 Å². The molecule has 0 radical (unpaired) electrons. The molecule has 0 bridgehead atoms. The Morgan fingerprint density at radius 1 is 1.06 bits per heavy atom. The lowest BCUT2D eigenvalue weighted by atomic mass is 10.2. The van der Waals surface area contributed by atoms with Crippen LogP contribution in [0, 0.1) is 0 Å². The van der Waals surface area contributed by atoms with Crippen molar-refractivity contribution in [2.45, 2.75) is 9.79 Å². The van der Waals surface area contributed by atoms with Gasteiger partial charge >= 0.3 is 5.97 Å². The number of rotatable bonds is 1. The summed E-state index contributed by atoms with van der Waals surface area (Å²) in [6, 6.07) is 2.79. The van der Waals surface area contributed by atoms with Gasteiger partial charge in [-0.15, -0.1) is 4.13 Å². The Kier molecular flexibility index (Phi) is 2.09. The van der Waals surface area contributed by atoms with Crippen LogP contribution in [0.2, 0.25) is 0 Å². The molecule has 0 atom stereocenters. The Labute approximate surface area is 90.8 Å². The van der Waals surface area contributed by atoms with E-state index < -0.39 is 35.8 Å². The first kappa shape index (κ1) is 11.0. The summed E-state index contributed by atoms with van der Waals surface area (Å²) in [7, 11) is -8.26. The fourth-order valence-corrected chi connectivity index (χ4v) is 5.03. The van der Waals surface area contributed by atoms with E-state index >= 15 is 0 Å². The maximum Gasteiger partial charge on any atom is 0.335 e. The Bertz CT molecular complexity index is 688. The van der Waals surface area contributed by atoms with Crippen molar-refractivity contribution in [3.05, 3.63) is 23.8 Å². The fourth-order valence-electron chi connectivity index (χ4n) is 1.31. The lowest BCUT2D eigenvalue weighted by Crippen LogP contribution is -2.21. The highest BCUT2D eigenvalue weighted by Gasteiger charge is 2.38. The predicted octanol–water partition coefficient (Wildman–Crippen LogP) is -0.635. The second-order valence-corrected chi connectivity index (χ2v) is 6.62. The molecule has 0 aliphatic carbocycles. The maximum atomic E-state index is 11.4. The Morgan fingerprint density at radius 3 is 2.19 bits per heavy atom. The molecular formula is C7H5NO6S2. The normalized spacial score (nSPS) is 20.2. The molecule has 0 amide bonds. The van der Waals surface area contributed by atoms with Gasteiger partial charge in [-0.3, -0.25) is 0 Å². The van der Waals surface area contributed by atoms with Gasteiger partial charge in [0.1, 0.15) is 9.79 Å². The van der Waals surface area contributed by atoms with E-state index in [9.17, 15) is 21.6 Å². The number of carbonyl (C=O) groups is 1. The molecular weight excluding hydrogens is 258 g/mol. The predicted molar refractivity (Wildman–Crippen MR) is 50.9 cm³/mol. The zero-order valence-electron chi connectivity index (χ0n) is 7.54. The van der Waals surface area contributed by atoms with E-state index in [1.54, 1.807) is 0 Å². The van der Waals surface area contributed by atoms with E-state index in [1.165, 1.54) is 4.13 Å². The van der Waals surface area contributed by atoms with E-state index in [0.29, 0.717) is 0 Å². The number of aromatic carboxylic acids is 1. The van der Waals surface area contributed by atoms with Crippen LogP contribution in [0.3, 0.4) is 0 Å². The van der Waals surface area contributed by atoms with Crippen LogP contribution in [0.15, 0.2) is 28.0 Å². The van der Waals surface area contributed by atoms with Crippen LogP contribution in [0.4, 0.5) is 0 Å². The first-order valence-corrected chi connectivity index (χ1v) is 6.87. The zero-order chi connectivity index (χ0) is 12.1. The molecule has 1 aromatic carbocycles. The summed E-state index contributed by atoms with van der Waals surface area (Å²) < 4.78 is 46.8. The molecule has 2 rings (SSSR count). The summed E-state index contributed by atoms with van der Waals surface area (Å²) in [6.45, 7) is 0. The largest absolute Gasteiger partial charge is 0.478 e. The Morgan fingerprint density at radius 2 is 1.62 bits per heavy atom. The summed E-state index contributed by atoms with van der Waals surface area (Å²) in [4.78, 5) is 9.64. The van der Waals surface area contributed by atoms with Gasteiger partial charge in [0.15, 0.2) is 0 Å². The van der Waals surface area contributed by atoms with Gasteiger partial charge in [-0.05, 0) is 18.2 Å². The lowest BCUT2D eigenvalue weighted by Gasteiger charge is -1.97. The number of carboxylic acids is 1. The van der Waals surface area contributed by atoms with Crippen molar-refractivity contribution in [2.75, 3.05) is 0 Å². The molecule has 2 N–H and O–H groups in total. The molecule has 0 unspecified atom stereocenters. The average Bonchev–Trinajstić information content (AvgIpc) is 2.32. The molecule has 1 aromatic rings. The number of nitrogens with one attached hydrogen (secondary N) is 1. The molecule has 0 spiro atoms. The standard InChI is InChI=1S/C7H5NO6S2/c9-7(10)4-1-2-5-6(3-4)16(13,14)8-15(5,11)12/h1-3,8H,(H,9,10). The van der Waals surface area contributed by atoms with Crippen molar-refractivity contribution in [2.24, 2.45) is 0 Å². The minimum absolute atomic E-state index is 0.291. The number of hydrogen-bond donors (Lipinski definition) is 2. The molecule has 1 aliphatic heterocycles. The monoisotopic (exact) mass is 263 g/mol. The SMILES string of the molecule is O=C(O)c1ccc2c(c1)S(=O)(=O)NS2(=O)=O. The number of sulfonamides is 2. The Hall–Kier alpha value is -1.45. The quantitative estimate of drug-likeness (QED) is 0.696. The minimum Gasteiger partial charge on any atom is -0.478 e. The summed E-state index contributed by atoms with van der Waals surface area (Å²) >= 11 is 0. The topological polar surface area (TPSA) is 118 Å². The highest BCUT2D eigenvalue weighted by Crippen LogP contribution is 2.28. The van der Waals surface area contributed by atoms with Gasteiger partial charge in [0, 0.05) is 0 Å². The molecule has 0 aromatic heterocycles. The van der Waals surface area contributed by atoms with Crippen LogP contribution < -0.4 is 4.13 Å². The molecule has 0 saturated carbocycles. The van der Waals surface area contributed by atoms with Crippen molar-refractivity contribution >= 4 is 26.0 Å². The summed E-state index contributed by atoms with van der Waals surface area (Å²) in [5.41, 5.74) is -0.291. The second kappa shape index (κ2) is 3.03. The molecule has 9 heteroatoms. The second-order valence-electron chi connectivity index (χ2n) is 3.06. The van der Waals surface area contributed by atoms with Crippen LogP contribution in [0.25, 0.3) is 0 Å². The summed E-state index contributed by atoms with van der Waals surface area (Å²) in [5, 5.41) is 8.65. The van der Waals surface area contributed by atoms with Gasteiger partial charge < -0.3 is 5.11 Å². The molecule has 7 nitrogen and oxygen atoms in total. The van der Waals surface area contributed by atoms with Crippen LogP contribution in [0.5, 0.6) is 0 Å². The van der Waals surface area contributed by atoms with Crippen molar-refractivity contribution in [1.82, 2.24) is 4.13 Å². The zero-order valence-corrected chi connectivity index (χ0v) is 9.17. The van der Waals surface area contributed by atoms with E-state index in [4.69, 9.17) is 5.11 Å². The van der Waals surface area contributed by atoms with Gasteiger partial charge in [0.25, 0.3) is 20.0 Å². The molecule has 0 fully saturated rings. The number of benzene rings is 1. The third-order valence-electron chi connectivity index (χ3n) is 1.99. The maximum absolute atomic E-state index is 11.4. The van der Waals surface area contributed by atoms with Gasteiger partial charge in [0.05, 0.1) is 5.56 Å². The highest BCUT2D eigenvalue weighted by atomic mass is 32.3. The van der Waals surface area contributed by atoms with Gasteiger partial charge in [-0.2, -0.15) is 0 Å². The average molecular weight is 263 g/mol. The smallest absolute Gasteiger partial charge is 0.335 e. The molecule has 1 heterocycles. The molecule has 1 aliphatic rings. The number of hydrogen-bond acceptors (Lipinski definition) is 5. The van der Waals surface area contributed by atoms with E-state index in [-0.39, 0.29) is 5.56 Å².